The molecule has 0 fully saturated rings. The molecule has 1 aromatic heterocycles. The molecule has 2 aromatic rings. The third kappa shape index (κ3) is 2.24. The Kier molecular flexibility index (Phi) is 3.95. The van der Waals surface area contributed by atoms with E-state index in [-0.39, 0.29) is 0 Å². The molecule has 92 valence electrons. The first kappa shape index (κ1) is 13.0. The van der Waals surface area contributed by atoms with Gasteiger partial charge in [0.2, 0.25) is 0 Å². The molecule has 0 spiro atoms. The molecule has 18 heavy (non-hydrogen) atoms. The number of nitriles is 1. The number of aliphatic hydroxyl groups excluding tert-OH is 1. The first-order valence-electron chi connectivity index (χ1n) is 5.79. The van der Waals surface area contributed by atoms with Crippen molar-refractivity contribution in [3.05, 3.63) is 40.5 Å². The maximum atomic E-state index is 10.3. The molecule has 2 atom stereocenters. The summed E-state index contributed by atoms with van der Waals surface area (Å²) in [6, 6.07) is 9.64. The fourth-order valence-corrected chi connectivity index (χ4v) is 2.45. The summed E-state index contributed by atoms with van der Waals surface area (Å²) < 4.78 is 0.937. The highest BCUT2D eigenvalue weighted by Crippen LogP contribution is 2.32. The molecule has 0 aliphatic carbocycles. The summed E-state index contributed by atoms with van der Waals surface area (Å²) in [5, 5.41) is 20.3. The average molecular weight is 305 g/mol. The van der Waals surface area contributed by atoms with E-state index in [1.807, 2.05) is 31.2 Å². The van der Waals surface area contributed by atoms with Gasteiger partial charge in [0.05, 0.1) is 23.6 Å². The monoisotopic (exact) mass is 304 g/mol. The van der Waals surface area contributed by atoms with Crippen molar-refractivity contribution in [3.8, 4) is 6.07 Å². The summed E-state index contributed by atoms with van der Waals surface area (Å²) in [7, 11) is 0. The highest BCUT2D eigenvalue weighted by atomic mass is 79.9. The van der Waals surface area contributed by atoms with Crippen LogP contribution in [0.15, 0.2) is 34.9 Å². The molecule has 0 saturated heterocycles. The van der Waals surface area contributed by atoms with E-state index in [2.05, 4.69) is 27.0 Å². The molecule has 0 aliphatic rings. The lowest BCUT2D eigenvalue weighted by molar-refractivity contribution is 0.134. The van der Waals surface area contributed by atoms with Gasteiger partial charge >= 0.3 is 0 Å². The van der Waals surface area contributed by atoms with E-state index in [1.54, 1.807) is 6.20 Å². The third-order valence-corrected chi connectivity index (χ3v) is 3.74. The summed E-state index contributed by atoms with van der Waals surface area (Å²) in [6.07, 6.45) is 1.51. The summed E-state index contributed by atoms with van der Waals surface area (Å²) in [6.45, 7) is 1.89. The van der Waals surface area contributed by atoms with Crippen molar-refractivity contribution in [2.75, 3.05) is 0 Å². The van der Waals surface area contributed by atoms with Gasteiger partial charge in [-0.2, -0.15) is 5.26 Å². The van der Waals surface area contributed by atoms with Crippen LogP contribution in [0.5, 0.6) is 0 Å². The Hall–Kier alpha value is -1.44. The molecule has 0 saturated carbocycles. The smallest absolute Gasteiger partial charge is 0.0969 e. The Balaban J connectivity index is 2.59. The van der Waals surface area contributed by atoms with Crippen molar-refractivity contribution in [2.45, 2.75) is 19.4 Å². The highest BCUT2D eigenvalue weighted by molar-refractivity contribution is 9.10. The van der Waals surface area contributed by atoms with E-state index >= 15 is 0 Å². The maximum Gasteiger partial charge on any atom is 0.0969 e. The minimum absolute atomic E-state index is 0.406. The molecule has 4 heteroatoms. The van der Waals surface area contributed by atoms with Gasteiger partial charge in [-0.1, -0.05) is 35.0 Å². The molecule has 1 N–H and O–H groups in total. The zero-order chi connectivity index (χ0) is 13.1. The number of fused-ring (bicyclic) bond motifs is 1. The van der Waals surface area contributed by atoms with Crippen LogP contribution in [0.4, 0.5) is 0 Å². The second-order valence-electron chi connectivity index (χ2n) is 4.12. The second-order valence-corrected chi connectivity index (χ2v) is 4.98. The molecule has 1 aromatic carbocycles. The first-order valence-corrected chi connectivity index (χ1v) is 6.59. The normalized spacial score (nSPS) is 14.1. The third-order valence-electron chi connectivity index (χ3n) is 3.05. The molecule has 0 amide bonds. The molecular formula is C14H13BrN2O. The maximum absolute atomic E-state index is 10.3. The van der Waals surface area contributed by atoms with E-state index in [0.29, 0.717) is 12.0 Å². The number of pyridine rings is 1. The van der Waals surface area contributed by atoms with Crippen LogP contribution >= 0.6 is 15.9 Å². The molecule has 2 rings (SSSR count). The van der Waals surface area contributed by atoms with E-state index in [1.165, 1.54) is 0 Å². The molecular weight excluding hydrogens is 292 g/mol. The predicted octanol–water partition coefficient (Wildman–Crippen LogP) is 3.58. The number of halogens is 1. The van der Waals surface area contributed by atoms with Crippen LogP contribution < -0.4 is 0 Å². The van der Waals surface area contributed by atoms with Crippen LogP contribution in [-0.2, 0) is 0 Å². The lowest BCUT2D eigenvalue weighted by Crippen LogP contribution is -2.10. The van der Waals surface area contributed by atoms with Gasteiger partial charge in [-0.05, 0) is 18.6 Å². The fourth-order valence-electron chi connectivity index (χ4n) is 2.00. The van der Waals surface area contributed by atoms with Gasteiger partial charge < -0.3 is 5.11 Å². The summed E-state index contributed by atoms with van der Waals surface area (Å²) in [5.74, 6) is -0.406. The lowest BCUT2D eigenvalue weighted by Gasteiger charge is -2.17. The van der Waals surface area contributed by atoms with E-state index < -0.39 is 12.0 Å². The summed E-state index contributed by atoms with van der Waals surface area (Å²) in [4.78, 5) is 4.31. The van der Waals surface area contributed by atoms with Crippen molar-refractivity contribution < 1.29 is 5.11 Å². The summed E-state index contributed by atoms with van der Waals surface area (Å²) in [5.41, 5.74) is 1.45. The average Bonchev–Trinajstić information content (AvgIpc) is 2.41. The first-order chi connectivity index (χ1) is 8.69. The van der Waals surface area contributed by atoms with Gasteiger partial charge in [-0.25, -0.2) is 0 Å². The standard InChI is InChI=1S/C14H13BrN2O/c1-2-9(8-16)14(18)11-5-6-12(15)10-4-3-7-17-13(10)11/h3-7,9,14,18H,2H2,1H3. The SMILES string of the molecule is CCC(C#N)C(O)c1ccc(Br)c2cccnc12. The van der Waals surface area contributed by atoms with Crippen LogP contribution in [-0.4, -0.2) is 10.1 Å². The summed E-state index contributed by atoms with van der Waals surface area (Å²) >= 11 is 3.46. The van der Waals surface area contributed by atoms with Crippen molar-refractivity contribution in [1.82, 2.24) is 4.98 Å². The molecule has 0 radical (unpaired) electrons. The van der Waals surface area contributed by atoms with Crippen LogP contribution in [0.25, 0.3) is 10.9 Å². The minimum Gasteiger partial charge on any atom is -0.387 e. The topological polar surface area (TPSA) is 56.9 Å². The molecule has 1 heterocycles. The largest absolute Gasteiger partial charge is 0.387 e. The van der Waals surface area contributed by atoms with Crippen LogP contribution in [0, 0.1) is 17.2 Å². The Bertz CT molecular complexity index is 606. The predicted molar refractivity (Wildman–Crippen MR) is 73.8 cm³/mol. The van der Waals surface area contributed by atoms with Crippen molar-refractivity contribution >= 4 is 26.8 Å². The van der Waals surface area contributed by atoms with Crippen LogP contribution in [0.3, 0.4) is 0 Å². The van der Waals surface area contributed by atoms with Gasteiger partial charge in [0.25, 0.3) is 0 Å². The van der Waals surface area contributed by atoms with E-state index in [0.717, 1.165) is 15.4 Å². The van der Waals surface area contributed by atoms with Gasteiger partial charge in [0, 0.05) is 21.6 Å². The second kappa shape index (κ2) is 5.47. The number of hydrogen-bond donors (Lipinski definition) is 1. The van der Waals surface area contributed by atoms with Crippen molar-refractivity contribution in [2.24, 2.45) is 5.92 Å². The highest BCUT2D eigenvalue weighted by Gasteiger charge is 2.21. The minimum atomic E-state index is -0.800. The number of hydrogen-bond acceptors (Lipinski definition) is 3. The Morgan fingerprint density at radius 2 is 2.22 bits per heavy atom. The zero-order valence-corrected chi connectivity index (χ0v) is 11.6. The molecule has 0 bridgehead atoms. The lowest BCUT2D eigenvalue weighted by atomic mass is 9.93. The molecule has 2 unspecified atom stereocenters. The number of benzene rings is 1. The van der Waals surface area contributed by atoms with Crippen molar-refractivity contribution in [1.29, 1.82) is 5.26 Å². The van der Waals surface area contributed by atoms with E-state index in [4.69, 9.17) is 5.26 Å². The number of rotatable bonds is 3. The van der Waals surface area contributed by atoms with Gasteiger partial charge in [0.1, 0.15) is 0 Å². The van der Waals surface area contributed by atoms with E-state index in [9.17, 15) is 5.11 Å². The zero-order valence-electron chi connectivity index (χ0n) is 9.97. The number of aliphatic hydroxyl groups is 1. The number of aromatic nitrogens is 1. The van der Waals surface area contributed by atoms with Crippen LogP contribution in [0.1, 0.15) is 25.0 Å². The Labute approximate surface area is 114 Å². The van der Waals surface area contributed by atoms with Gasteiger partial charge in [-0.15, -0.1) is 0 Å². The molecule has 3 nitrogen and oxygen atoms in total. The Morgan fingerprint density at radius 1 is 1.44 bits per heavy atom. The van der Waals surface area contributed by atoms with Crippen LogP contribution in [0.2, 0.25) is 0 Å². The quantitative estimate of drug-likeness (QED) is 0.943. The van der Waals surface area contributed by atoms with Gasteiger partial charge in [0.15, 0.2) is 0 Å². The molecule has 0 aliphatic heterocycles. The Morgan fingerprint density at radius 3 is 2.89 bits per heavy atom. The van der Waals surface area contributed by atoms with Gasteiger partial charge in [-0.3, -0.25) is 4.98 Å². The van der Waals surface area contributed by atoms with Crippen molar-refractivity contribution in [3.63, 3.8) is 0 Å². The fraction of sp³-hybridized carbons (Fsp3) is 0.286. The number of nitrogens with zero attached hydrogens (tertiary/aromatic N) is 2.